The van der Waals surface area contributed by atoms with E-state index in [1.807, 2.05) is 36.1 Å². The van der Waals surface area contributed by atoms with Crippen LogP contribution in [-0.2, 0) is 0 Å². The minimum absolute atomic E-state index is 0.0489. The maximum absolute atomic E-state index is 13.0. The lowest BCUT2D eigenvalue weighted by Crippen LogP contribution is -2.49. The number of rotatable bonds is 3. The molecule has 28 heavy (non-hydrogen) atoms. The third-order valence-corrected chi connectivity index (χ3v) is 5.22. The summed E-state index contributed by atoms with van der Waals surface area (Å²) < 4.78 is 1.63. The van der Waals surface area contributed by atoms with E-state index in [0.29, 0.717) is 24.5 Å². The van der Waals surface area contributed by atoms with Crippen LogP contribution in [0.25, 0.3) is 5.69 Å². The van der Waals surface area contributed by atoms with Crippen molar-refractivity contribution in [2.75, 3.05) is 31.1 Å². The molecule has 1 aliphatic rings. The second kappa shape index (κ2) is 7.42. The Labute approximate surface area is 164 Å². The summed E-state index contributed by atoms with van der Waals surface area (Å²) in [6.45, 7) is 9.18. The van der Waals surface area contributed by atoms with Crippen LogP contribution in [0.2, 0.25) is 0 Å². The molecule has 4 rings (SSSR count). The summed E-state index contributed by atoms with van der Waals surface area (Å²) in [6, 6.07) is 14.0. The molecule has 0 spiro atoms. The van der Waals surface area contributed by atoms with Crippen LogP contribution < -0.4 is 4.90 Å². The smallest absolute Gasteiger partial charge is 0.254 e. The minimum atomic E-state index is 0.0489. The predicted molar refractivity (Wildman–Crippen MR) is 108 cm³/mol. The molecule has 7 nitrogen and oxygen atoms in total. The minimum Gasteiger partial charge on any atom is -0.368 e. The molecule has 3 aromatic rings. The molecule has 0 saturated carbocycles. The van der Waals surface area contributed by atoms with E-state index in [9.17, 15) is 4.79 Å². The quantitative estimate of drug-likeness (QED) is 0.703. The summed E-state index contributed by atoms with van der Waals surface area (Å²) in [4.78, 5) is 17.3. The number of tetrazole rings is 1. The second-order valence-electron chi connectivity index (χ2n) is 7.26. The van der Waals surface area contributed by atoms with E-state index in [1.165, 1.54) is 16.8 Å². The Morgan fingerprint density at radius 1 is 0.964 bits per heavy atom. The topological polar surface area (TPSA) is 67.2 Å². The Kier molecular flexibility index (Phi) is 4.81. The van der Waals surface area contributed by atoms with E-state index in [-0.39, 0.29) is 5.91 Å². The van der Waals surface area contributed by atoms with Crippen molar-refractivity contribution in [1.82, 2.24) is 25.1 Å². The molecule has 1 aliphatic heterocycles. The van der Waals surface area contributed by atoms with Crippen LogP contribution >= 0.6 is 0 Å². The highest BCUT2D eigenvalue weighted by Gasteiger charge is 2.23. The number of piperazine rings is 1. The molecule has 7 heteroatoms. The Hall–Kier alpha value is -3.22. The molecule has 1 fully saturated rings. The number of anilines is 1. The molecule has 0 radical (unpaired) electrons. The zero-order chi connectivity index (χ0) is 19.7. The molecule has 0 N–H and O–H groups in total. The lowest BCUT2D eigenvalue weighted by Gasteiger charge is -2.37. The second-order valence-corrected chi connectivity index (χ2v) is 7.26. The highest BCUT2D eigenvalue weighted by Crippen LogP contribution is 2.23. The molecule has 1 aromatic heterocycles. The number of hydrogen-bond acceptors (Lipinski definition) is 5. The molecule has 1 amide bonds. The van der Waals surface area contributed by atoms with Crippen molar-refractivity contribution in [2.24, 2.45) is 0 Å². The Balaban J connectivity index is 1.46. The first-order chi connectivity index (χ1) is 13.5. The van der Waals surface area contributed by atoms with Gasteiger partial charge >= 0.3 is 0 Å². The molecular formula is C21H24N6O. The molecular weight excluding hydrogens is 352 g/mol. The Morgan fingerprint density at radius 2 is 1.75 bits per heavy atom. The fourth-order valence-corrected chi connectivity index (χ4v) is 3.73. The van der Waals surface area contributed by atoms with E-state index in [2.05, 4.69) is 52.5 Å². The fourth-order valence-electron chi connectivity index (χ4n) is 3.73. The van der Waals surface area contributed by atoms with Gasteiger partial charge in [-0.3, -0.25) is 4.79 Å². The lowest BCUT2D eigenvalue weighted by molar-refractivity contribution is 0.0746. The fraction of sp³-hybridized carbons (Fsp3) is 0.333. The van der Waals surface area contributed by atoms with Crippen molar-refractivity contribution in [3.63, 3.8) is 0 Å². The van der Waals surface area contributed by atoms with Crippen LogP contribution in [0.15, 0.2) is 42.5 Å². The molecule has 0 atom stereocenters. The van der Waals surface area contributed by atoms with Gasteiger partial charge in [-0.1, -0.05) is 23.8 Å². The van der Waals surface area contributed by atoms with Gasteiger partial charge in [-0.2, -0.15) is 4.68 Å². The number of benzene rings is 2. The SMILES string of the molecule is Cc1ccc(N2CCN(C(=O)c3cccc(-n4nnnc4C)c3)CC2)c(C)c1. The molecule has 1 saturated heterocycles. The van der Waals surface area contributed by atoms with Gasteiger partial charge in [-0.15, -0.1) is 5.10 Å². The van der Waals surface area contributed by atoms with Gasteiger partial charge in [0.15, 0.2) is 5.82 Å². The molecule has 2 aromatic carbocycles. The van der Waals surface area contributed by atoms with E-state index in [0.717, 1.165) is 18.8 Å². The van der Waals surface area contributed by atoms with E-state index in [4.69, 9.17) is 0 Å². The first-order valence-electron chi connectivity index (χ1n) is 9.50. The Morgan fingerprint density at radius 3 is 2.43 bits per heavy atom. The van der Waals surface area contributed by atoms with Crippen molar-refractivity contribution in [3.05, 3.63) is 65.0 Å². The monoisotopic (exact) mass is 376 g/mol. The van der Waals surface area contributed by atoms with Crippen LogP contribution in [0.5, 0.6) is 0 Å². The maximum Gasteiger partial charge on any atom is 0.254 e. The lowest BCUT2D eigenvalue weighted by atomic mass is 10.1. The van der Waals surface area contributed by atoms with Gasteiger partial charge in [0.1, 0.15) is 0 Å². The number of carbonyl (C=O) groups is 1. The van der Waals surface area contributed by atoms with Crippen LogP contribution in [0.4, 0.5) is 5.69 Å². The van der Waals surface area contributed by atoms with Crippen molar-refractivity contribution >= 4 is 11.6 Å². The zero-order valence-corrected chi connectivity index (χ0v) is 16.5. The molecule has 0 bridgehead atoms. The number of amides is 1. The van der Waals surface area contributed by atoms with Crippen LogP contribution in [0, 0.1) is 20.8 Å². The summed E-state index contributed by atoms with van der Waals surface area (Å²) in [5, 5.41) is 11.6. The van der Waals surface area contributed by atoms with Gasteiger partial charge in [0.2, 0.25) is 0 Å². The number of nitrogens with zero attached hydrogens (tertiary/aromatic N) is 6. The molecule has 0 aliphatic carbocycles. The standard InChI is InChI=1S/C21H24N6O/c1-15-7-8-20(16(2)13-15)25-9-11-26(12-10-25)21(28)18-5-4-6-19(14-18)27-17(3)22-23-24-27/h4-8,13-14H,9-12H2,1-3H3. The van der Waals surface area contributed by atoms with Gasteiger partial charge in [-0.25, -0.2) is 0 Å². The highest BCUT2D eigenvalue weighted by molar-refractivity contribution is 5.95. The number of aromatic nitrogens is 4. The van der Waals surface area contributed by atoms with Gasteiger partial charge in [0, 0.05) is 37.4 Å². The van der Waals surface area contributed by atoms with Crippen molar-refractivity contribution in [3.8, 4) is 5.69 Å². The normalized spacial score (nSPS) is 14.4. The zero-order valence-electron chi connectivity index (χ0n) is 16.5. The predicted octanol–water partition coefficient (Wildman–Crippen LogP) is 2.55. The van der Waals surface area contributed by atoms with Crippen molar-refractivity contribution < 1.29 is 4.79 Å². The largest absolute Gasteiger partial charge is 0.368 e. The molecule has 144 valence electrons. The summed E-state index contributed by atoms with van der Waals surface area (Å²) >= 11 is 0. The van der Waals surface area contributed by atoms with Crippen molar-refractivity contribution in [2.45, 2.75) is 20.8 Å². The van der Waals surface area contributed by atoms with E-state index in [1.54, 1.807) is 4.68 Å². The summed E-state index contributed by atoms with van der Waals surface area (Å²) in [7, 11) is 0. The van der Waals surface area contributed by atoms with Gasteiger partial charge in [0.05, 0.1) is 5.69 Å². The maximum atomic E-state index is 13.0. The van der Waals surface area contributed by atoms with Gasteiger partial charge in [0.25, 0.3) is 5.91 Å². The van der Waals surface area contributed by atoms with Crippen LogP contribution in [-0.4, -0.2) is 57.2 Å². The number of aryl methyl sites for hydroxylation is 3. The first-order valence-corrected chi connectivity index (χ1v) is 9.50. The van der Waals surface area contributed by atoms with E-state index < -0.39 is 0 Å². The van der Waals surface area contributed by atoms with Gasteiger partial charge in [-0.05, 0) is 61.0 Å². The third kappa shape index (κ3) is 3.47. The van der Waals surface area contributed by atoms with Gasteiger partial charge < -0.3 is 9.80 Å². The number of hydrogen-bond donors (Lipinski definition) is 0. The Bertz CT molecular complexity index is 1000. The van der Waals surface area contributed by atoms with Crippen LogP contribution in [0.1, 0.15) is 27.3 Å². The average molecular weight is 376 g/mol. The highest BCUT2D eigenvalue weighted by atomic mass is 16.2. The average Bonchev–Trinajstić information content (AvgIpc) is 3.14. The summed E-state index contributed by atoms with van der Waals surface area (Å²) in [5.74, 6) is 0.736. The summed E-state index contributed by atoms with van der Waals surface area (Å²) in [6.07, 6.45) is 0. The molecule has 2 heterocycles. The van der Waals surface area contributed by atoms with Crippen molar-refractivity contribution in [1.29, 1.82) is 0 Å². The molecule has 0 unspecified atom stereocenters. The number of carbonyl (C=O) groups excluding carboxylic acids is 1. The third-order valence-electron chi connectivity index (χ3n) is 5.22. The van der Waals surface area contributed by atoms with Crippen LogP contribution in [0.3, 0.4) is 0 Å². The van der Waals surface area contributed by atoms with E-state index >= 15 is 0 Å². The summed E-state index contributed by atoms with van der Waals surface area (Å²) in [5.41, 5.74) is 5.26. The first kappa shape index (κ1) is 18.2.